The Morgan fingerprint density at radius 1 is 1.47 bits per heavy atom. The van der Waals surface area contributed by atoms with Crippen LogP contribution >= 0.6 is 0 Å². The van der Waals surface area contributed by atoms with Gasteiger partial charge in [0.15, 0.2) is 0 Å². The van der Waals surface area contributed by atoms with Crippen molar-refractivity contribution in [1.29, 1.82) is 0 Å². The number of nitrogens with zero attached hydrogens (tertiary/aromatic N) is 1. The number of carbonyl (C=O) groups is 2. The van der Waals surface area contributed by atoms with Gasteiger partial charge in [-0.25, -0.2) is 4.79 Å². The molecule has 0 aliphatic carbocycles. The minimum absolute atomic E-state index is 0.0261. The summed E-state index contributed by atoms with van der Waals surface area (Å²) in [7, 11) is 1.25. The zero-order chi connectivity index (χ0) is 14.7. The number of aromatic carboxylic acids is 1. The summed E-state index contributed by atoms with van der Waals surface area (Å²) in [5, 5.41) is 22.3. The largest absolute Gasteiger partial charge is 0.495 e. The second-order valence-electron chi connectivity index (χ2n) is 3.72. The van der Waals surface area contributed by atoms with Crippen LogP contribution in [0, 0.1) is 17.0 Å². The van der Waals surface area contributed by atoms with Crippen molar-refractivity contribution < 1.29 is 24.4 Å². The smallest absolute Gasteiger partial charge is 0.339 e. The number of carboxylic acid groups (broad SMARTS) is 1. The first kappa shape index (κ1) is 14.4. The van der Waals surface area contributed by atoms with Gasteiger partial charge in [0.2, 0.25) is 5.91 Å². The number of ether oxygens (including phenoxy) is 1. The van der Waals surface area contributed by atoms with E-state index in [0.29, 0.717) is 0 Å². The molecule has 0 aromatic heterocycles. The van der Waals surface area contributed by atoms with Crippen LogP contribution < -0.4 is 10.1 Å². The van der Waals surface area contributed by atoms with E-state index in [-0.39, 0.29) is 22.6 Å². The van der Waals surface area contributed by atoms with Gasteiger partial charge in [0.05, 0.1) is 12.0 Å². The third kappa shape index (κ3) is 2.79. The Labute approximate surface area is 108 Å². The Morgan fingerprint density at radius 3 is 2.42 bits per heavy atom. The molecule has 0 spiro atoms. The summed E-state index contributed by atoms with van der Waals surface area (Å²) in [5.41, 5.74) is -0.713. The molecule has 0 heterocycles. The molecule has 19 heavy (non-hydrogen) atoms. The molecule has 2 N–H and O–H groups in total. The fourth-order valence-electron chi connectivity index (χ4n) is 1.68. The first-order chi connectivity index (χ1) is 8.79. The van der Waals surface area contributed by atoms with Gasteiger partial charge in [-0.2, -0.15) is 0 Å². The highest BCUT2D eigenvalue weighted by Crippen LogP contribution is 2.37. The number of carboxylic acids is 1. The highest BCUT2D eigenvalue weighted by Gasteiger charge is 2.26. The van der Waals surface area contributed by atoms with Crippen LogP contribution in [0.25, 0.3) is 0 Å². The number of nitrogens with one attached hydrogen (secondary N) is 1. The molecule has 0 radical (unpaired) electrons. The van der Waals surface area contributed by atoms with Crippen LogP contribution in [0.5, 0.6) is 5.75 Å². The first-order valence-corrected chi connectivity index (χ1v) is 5.16. The normalized spacial score (nSPS) is 9.84. The summed E-state index contributed by atoms with van der Waals surface area (Å²) < 4.78 is 4.94. The topological polar surface area (TPSA) is 119 Å². The Balaban J connectivity index is 3.66. The first-order valence-electron chi connectivity index (χ1n) is 5.16. The molecule has 1 rings (SSSR count). The van der Waals surface area contributed by atoms with Gasteiger partial charge in [0, 0.05) is 18.6 Å². The Kier molecular flexibility index (Phi) is 4.05. The number of benzene rings is 1. The third-order valence-corrected chi connectivity index (χ3v) is 2.43. The molecule has 8 heteroatoms. The van der Waals surface area contributed by atoms with Crippen LogP contribution in [0.3, 0.4) is 0 Å². The molecule has 0 unspecified atom stereocenters. The standard InChI is InChI=1S/C11H12N2O6/c1-5-9(12-6(2)14)8(13(17)18)4-7(11(15)16)10(5)19-3/h4H,1-3H3,(H,12,14)(H,15,16). The number of rotatable bonds is 4. The number of methoxy groups -OCH3 is 1. The molecule has 0 fully saturated rings. The predicted octanol–water partition coefficient (Wildman–Crippen LogP) is 1.57. The minimum atomic E-state index is -1.35. The van der Waals surface area contributed by atoms with E-state index in [1.807, 2.05) is 0 Å². The van der Waals surface area contributed by atoms with E-state index >= 15 is 0 Å². The van der Waals surface area contributed by atoms with Gasteiger partial charge in [-0.05, 0) is 6.92 Å². The van der Waals surface area contributed by atoms with Crippen LogP contribution in [-0.4, -0.2) is 29.0 Å². The van der Waals surface area contributed by atoms with E-state index in [4.69, 9.17) is 9.84 Å². The fraction of sp³-hybridized carbons (Fsp3) is 0.273. The molecule has 0 saturated heterocycles. The van der Waals surface area contributed by atoms with Gasteiger partial charge < -0.3 is 15.2 Å². The molecule has 0 bridgehead atoms. The van der Waals surface area contributed by atoms with E-state index < -0.39 is 22.5 Å². The van der Waals surface area contributed by atoms with E-state index in [1.165, 1.54) is 21.0 Å². The SMILES string of the molecule is COc1c(C(=O)O)cc([N+](=O)[O-])c(NC(C)=O)c1C. The molecule has 102 valence electrons. The number of nitro benzene ring substituents is 1. The lowest BCUT2D eigenvalue weighted by atomic mass is 10.1. The molecule has 0 aliphatic heterocycles. The molecule has 8 nitrogen and oxygen atoms in total. The van der Waals surface area contributed by atoms with Crippen LogP contribution in [0.15, 0.2) is 6.07 Å². The van der Waals surface area contributed by atoms with Crippen molar-refractivity contribution in [3.05, 3.63) is 27.3 Å². The zero-order valence-electron chi connectivity index (χ0n) is 10.5. The number of hydrogen-bond acceptors (Lipinski definition) is 5. The maximum Gasteiger partial charge on any atom is 0.339 e. The van der Waals surface area contributed by atoms with E-state index in [1.54, 1.807) is 0 Å². The van der Waals surface area contributed by atoms with Gasteiger partial charge in [-0.3, -0.25) is 14.9 Å². The predicted molar refractivity (Wildman–Crippen MR) is 65.6 cm³/mol. The lowest BCUT2D eigenvalue weighted by Crippen LogP contribution is -2.12. The third-order valence-electron chi connectivity index (χ3n) is 2.43. The summed E-state index contributed by atoms with van der Waals surface area (Å²) >= 11 is 0. The van der Waals surface area contributed by atoms with Gasteiger partial charge in [-0.15, -0.1) is 0 Å². The number of amides is 1. The van der Waals surface area contributed by atoms with Crippen molar-refractivity contribution in [1.82, 2.24) is 0 Å². The number of nitro groups is 1. The van der Waals surface area contributed by atoms with Gasteiger partial charge >= 0.3 is 5.97 Å². The molecule has 1 aromatic rings. The maximum atomic E-state index is 11.1. The van der Waals surface area contributed by atoms with Crippen LogP contribution in [0.1, 0.15) is 22.8 Å². The number of hydrogen-bond donors (Lipinski definition) is 2. The average Bonchev–Trinajstić information content (AvgIpc) is 2.29. The molecule has 1 aromatic carbocycles. The van der Waals surface area contributed by atoms with Gasteiger partial charge in [0.1, 0.15) is 17.0 Å². The molecule has 0 aliphatic rings. The zero-order valence-corrected chi connectivity index (χ0v) is 10.5. The molecule has 1 amide bonds. The molecule has 0 atom stereocenters. The highest BCUT2D eigenvalue weighted by molar-refractivity contribution is 5.98. The Bertz CT molecular complexity index is 567. The number of anilines is 1. The molecular weight excluding hydrogens is 256 g/mol. The van der Waals surface area contributed by atoms with Crippen molar-refractivity contribution in [3.63, 3.8) is 0 Å². The monoisotopic (exact) mass is 268 g/mol. The molecular formula is C11H12N2O6. The Morgan fingerprint density at radius 2 is 2.05 bits per heavy atom. The minimum Gasteiger partial charge on any atom is -0.495 e. The van der Waals surface area contributed by atoms with Crippen molar-refractivity contribution in [2.45, 2.75) is 13.8 Å². The van der Waals surface area contributed by atoms with Gasteiger partial charge in [0.25, 0.3) is 5.69 Å². The lowest BCUT2D eigenvalue weighted by Gasteiger charge is -2.13. The van der Waals surface area contributed by atoms with E-state index in [0.717, 1.165) is 6.07 Å². The maximum absolute atomic E-state index is 11.1. The van der Waals surface area contributed by atoms with Gasteiger partial charge in [-0.1, -0.05) is 0 Å². The Hall–Kier alpha value is -2.64. The lowest BCUT2D eigenvalue weighted by molar-refractivity contribution is -0.384. The summed E-state index contributed by atoms with van der Waals surface area (Å²) in [4.78, 5) is 32.3. The summed E-state index contributed by atoms with van der Waals surface area (Å²) in [6.07, 6.45) is 0. The summed E-state index contributed by atoms with van der Waals surface area (Å²) in [6, 6.07) is 0.861. The summed E-state index contributed by atoms with van der Waals surface area (Å²) in [6.45, 7) is 2.63. The molecule has 0 saturated carbocycles. The summed E-state index contributed by atoms with van der Waals surface area (Å²) in [5.74, 6) is -1.88. The number of carbonyl (C=O) groups excluding carboxylic acids is 1. The second-order valence-corrected chi connectivity index (χ2v) is 3.72. The highest BCUT2D eigenvalue weighted by atomic mass is 16.6. The van der Waals surface area contributed by atoms with E-state index in [9.17, 15) is 19.7 Å². The fourth-order valence-corrected chi connectivity index (χ4v) is 1.68. The van der Waals surface area contributed by atoms with Crippen molar-refractivity contribution in [2.24, 2.45) is 0 Å². The van der Waals surface area contributed by atoms with Crippen molar-refractivity contribution in [2.75, 3.05) is 12.4 Å². The van der Waals surface area contributed by atoms with Crippen LogP contribution in [0.2, 0.25) is 0 Å². The van der Waals surface area contributed by atoms with Crippen LogP contribution in [0.4, 0.5) is 11.4 Å². The second kappa shape index (κ2) is 5.34. The van der Waals surface area contributed by atoms with Crippen LogP contribution in [-0.2, 0) is 4.79 Å². The van der Waals surface area contributed by atoms with Crippen molar-refractivity contribution in [3.8, 4) is 5.75 Å². The van der Waals surface area contributed by atoms with Crippen molar-refractivity contribution >= 4 is 23.3 Å². The quantitative estimate of drug-likeness (QED) is 0.631. The van der Waals surface area contributed by atoms with E-state index in [2.05, 4.69) is 5.32 Å². The average molecular weight is 268 g/mol.